The van der Waals surface area contributed by atoms with Gasteiger partial charge in [0.25, 0.3) is 0 Å². The quantitative estimate of drug-likeness (QED) is 0.875. The van der Waals surface area contributed by atoms with E-state index in [0.29, 0.717) is 18.0 Å². The van der Waals surface area contributed by atoms with Crippen LogP contribution >= 0.6 is 0 Å². The van der Waals surface area contributed by atoms with Crippen molar-refractivity contribution in [1.29, 1.82) is 0 Å². The van der Waals surface area contributed by atoms with Gasteiger partial charge >= 0.3 is 0 Å². The van der Waals surface area contributed by atoms with Gasteiger partial charge in [-0.15, -0.1) is 0 Å². The second-order valence-electron chi connectivity index (χ2n) is 4.79. The average molecular weight is 235 g/mol. The Morgan fingerprint density at radius 2 is 2.12 bits per heavy atom. The largest absolute Gasteiger partial charge is 0.456 e. The lowest BCUT2D eigenvalue weighted by molar-refractivity contribution is 0.472. The lowest BCUT2D eigenvalue weighted by atomic mass is 10.1. The van der Waals surface area contributed by atoms with E-state index in [1.54, 1.807) is 6.07 Å². The number of halogens is 1. The predicted octanol–water partition coefficient (Wildman–Crippen LogP) is 3.63. The molecule has 0 spiro atoms. The Morgan fingerprint density at radius 1 is 1.35 bits per heavy atom. The highest BCUT2D eigenvalue weighted by Crippen LogP contribution is 2.27. The summed E-state index contributed by atoms with van der Waals surface area (Å²) in [4.78, 5) is 0. The van der Waals surface area contributed by atoms with E-state index in [-0.39, 0.29) is 5.82 Å². The number of aryl methyl sites for hydroxylation is 1. The number of fused-ring (bicyclic) bond motifs is 1. The zero-order valence-electron chi connectivity index (χ0n) is 10.5. The Kier molecular flexibility index (Phi) is 3.48. The van der Waals surface area contributed by atoms with Crippen LogP contribution in [0.25, 0.3) is 11.0 Å². The highest BCUT2D eigenvalue weighted by atomic mass is 19.1. The fourth-order valence-corrected chi connectivity index (χ4v) is 1.90. The minimum Gasteiger partial charge on any atom is -0.456 e. The van der Waals surface area contributed by atoms with Crippen LogP contribution in [0.5, 0.6) is 0 Å². The first kappa shape index (κ1) is 12.1. The van der Waals surface area contributed by atoms with Gasteiger partial charge in [-0.1, -0.05) is 26.0 Å². The molecule has 0 aliphatic rings. The Labute approximate surface area is 101 Å². The van der Waals surface area contributed by atoms with Gasteiger partial charge in [0.1, 0.15) is 5.76 Å². The lowest BCUT2D eigenvalue weighted by Crippen LogP contribution is -2.18. The van der Waals surface area contributed by atoms with E-state index in [0.717, 1.165) is 23.3 Å². The second-order valence-corrected chi connectivity index (χ2v) is 4.79. The van der Waals surface area contributed by atoms with Gasteiger partial charge in [0, 0.05) is 5.39 Å². The molecule has 1 aromatic heterocycles. The van der Waals surface area contributed by atoms with Crippen molar-refractivity contribution in [3.63, 3.8) is 0 Å². The maximum Gasteiger partial charge on any atom is 0.170 e. The van der Waals surface area contributed by atoms with Gasteiger partial charge in [-0.05, 0) is 31.0 Å². The fraction of sp³-hybridized carbons (Fsp3) is 0.429. The van der Waals surface area contributed by atoms with Crippen LogP contribution in [-0.4, -0.2) is 6.54 Å². The number of hydrogen-bond acceptors (Lipinski definition) is 2. The molecule has 3 heteroatoms. The second kappa shape index (κ2) is 4.88. The molecule has 1 N–H and O–H groups in total. The van der Waals surface area contributed by atoms with Crippen molar-refractivity contribution in [3.05, 3.63) is 35.3 Å². The number of para-hydroxylation sites is 1. The minimum absolute atomic E-state index is 0.291. The molecule has 17 heavy (non-hydrogen) atoms. The Hall–Kier alpha value is -1.35. The number of hydrogen-bond donors (Lipinski definition) is 1. The molecule has 2 aromatic rings. The van der Waals surface area contributed by atoms with Crippen LogP contribution in [0, 0.1) is 18.7 Å². The molecule has 0 atom stereocenters. The third kappa shape index (κ3) is 2.50. The Morgan fingerprint density at radius 3 is 2.76 bits per heavy atom. The molecule has 0 aliphatic carbocycles. The molecule has 0 bridgehead atoms. The van der Waals surface area contributed by atoms with Crippen molar-refractivity contribution in [2.75, 3.05) is 6.54 Å². The summed E-state index contributed by atoms with van der Waals surface area (Å²) >= 11 is 0. The molecule has 0 amide bonds. The Balaban J connectivity index is 2.23. The average Bonchev–Trinajstić information content (AvgIpc) is 2.58. The molecule has 0 aliphatic heterocycles. The summed E-state index contributed by atoms with van der Waals surface area (Å²) in [5, 5.41) is 4.17. The predicted molar refractivity (Wildman–Crippen MR) is 67.5 cm³/mol. The zero-order chi connectivity index (χ0) is 12.4. The summed E-state index contributed by atoms with van der Waals surface area (Å²) in [5.74, 6) is 1.13. The van der Waals surface area contributed by atoms with Crippen LogP contribution in [0.2, 0.25) is 0 Å². The SMILES string of the molecule is Cc1c(CNCC(C)C)oc2c(F)cccc12. The first-order chi connectivity index (χ1) is 8.09. The molecule has 2 nitrogen and oxygen atoms in total. The van der Waals surface area contributed by atoms with Crippen molar-refractivity contribution >= 4 is 11.0 Å². The van der Waals surface area contributed by atoms with Crippen molar-refractivity contribution in [1.82, 2.24) is 5.32 Å². The molecule has 0 fully saturated rings. The van der Waals surface area contributed by atoms with E-state index < -0.39 is 0 Å². The maximum absolute atomic E-state index is 13.5. The normalized spacial score (nSPS) is 11.6. The van der Waals surface area contributed by atoms with Crippen LogP contribution in [0.4, 0.5) is 4.39 Å². The third-order valence-electron chi connectivity index (χ3n) is 2.85. The summed E-state index contributed by atoms with van der Waals surface area (Å²) in [7, 11) is 0. The van der Waals surface area contributed by atoms with E-state index in [4.69, 9.17) is 4.42 Å². The molecule has 1 aromatic carbocycles. The van der Waals surface area contributed by atoms with E-state index in [1.807, 2.05) is 13.0 Å². The van der Waals surface area contributed by atoms with Gasteiger partial charge in [-0.25, -0.2) is 4.39 Å². The van der Waals surface area contributed by atoms with Crippen molar-refractivity contribution in [2.24, 2.45) is 5.92 Å². The van der Waals surface area contributed by atoms with E-state index in [2.05, 4.69) is 19.2 Å². The van der Waals surface area contributed by atoms with E-state index >= 15 is 0 Å². The molecule has 92 valence electrons. The molecule has 0 unspecified atom stereocenters. The molecular formula is C14H18FNO. The van der Waals surface area contributed by atoms with Crippen LogP contribution in [0.3, 0.4) is 0 Å². The standard InChI is InChI=1S/C14H18FNO/c1-9(2)7-16-8-13-10(3)11-5-4-6-12(15)14(11)17-13/h4-6,9,16H,7-8H2,1-3H3. The molecule has 0 saturated heterocycles. The monoisotopic (exact) mass is 235 g/mol. The summed E-state index contributed by atoms with van der Waals surface area (Å²) in [6, 6.07) is 5.03. The topological polar surface area (TPSA) is 25.2 Å². The van der Waals surface area contributed by atoms with E-state index in [1.165, 1.54) is 6.07 Å². The number of nitrogens with one attached hydrogen (secondary N) is 1. The van der Waals surface area contributed by atoms with Crippen LogP contribution < -0.4 is 5.32 Å². The van der Waals surface area contributed by atoms with Gasteiger partial charge < -0.3 is 9.73 Å². The zero-order valence-corrected chi connectivity index (χ0v) is 10.5. The minimum atomic E-state index is -0.291. The summed E-state index contributed by atoms with van der Waals surface area (Å²) < 4.78 is 19.1. The van der Waals surface area contributed by atoms with E-state index in [9.17, 15) is 4.39 Å². The molecule has 2 rings (SSSR count). The van der Waals surface area contributed by atoms with Gasteiger partial charge in [0.2, 0.25) is 0 Å². The molecule has 0 radical (unpaired) electrons. The number of rotatable bonds is 4. The van der Waals surface area contributed by atoms with Crippen LogP contribution in [0.15, 0.2) is 22.6 Å². The Bertz CT molecular complexity index is 516. The third-order valence-corrected chi connectivity index (χ3v) is 2.85. The summed E-state index contributed by atoms with van der Waals surface area (Å²) in [5.41, 5.74) is 1.39. The maximum atomic E-state index is 13.5. The highest BCUT2D eigenvalue weighted by Gasteiger charge is 2.12. The first-order valence-corrected chi connectivity index (χ1v) is 5.96. The smallest absolute Gasteiger partial charge is 0.170 e. The molecule has 0 saturated carbocycles. The van der Waals surface area contributed by atoms with Crippen molar-refractivity contribution in [3.8, 4) is 0 Å². The fourth-order valence-electron chi connectivity index (χ4n) is 1.90. The lowest BCUT2D eigenvalue weighted by Gasteiger charge is -2.05. The molecule has 1 heterocycles. The van der Waals surface area contributed by atoms with Crippen molar-refractivity contribution < 1.29 is 8.81 Å². The summed E-state index contributed by atoms with van der Waals surface area (Å²) in [6.45, 7) is 7.85. The number of furan rings is 1. The first-order valence-electron chi connectivity index (χ1n) is 5.96. The highest BCUT2D eigenvalue weighted by molar-refractivity contribution is 5.82. The van der Waals surface area contributed by atoms with Gasteiger partial charge in [-0.2, -0.15) is 0 Å². The van der Waals surface area contributed by atoms with Crippen LogP contribution in [-0.2, 0) is 6.54 Å². The van der Waals surface area contributed by atoms with Crippen LogP contribution in [0.1, 0.15) is 25.2 Å². The summed E-state index contributed by atoms with van der Waals surface area (Å²) in [6.07, 6.45) is 0. The number of benzene rings is 1. The van der Waals surface area contributed by atoms with Gasteiger partial charge in [0.05, 0.1) is 6.54 Å². The van der Waals surface area contributed by atoms with Gasteiger partial charge in [-0.3, -0.25) is 0 Å². The van der Waals surface area contributed by atoms with Gasteiger partial charge in [0.15, 0.2) is 11.4 Å². The van der Waals surface area contributed by atoms with Crippen molar-refractivity contribution in [2.45, 2.75) is 27.3 Å². The molecular weight excluding hydrogens is 217 g/mol.